The Morgan fingerprint density at radius 3 is 2.22 bits per heavy atom. The van der Waals surface area contributed by atoms with Crippen LogP contribution in [0.4, 0.5) is 11.4 Å². The molecule has 148 valence electrons. The molecule has 2 heterocycles. The first-order valence-corrected chi connectivity index (χ1v) is 9.93. The lowest BCUT2D eigenvalue weighted by atomic mass is 10.1. The Bertz CT molecular complexity index is 720. The third kappa shape index (κ3) is 4.04. The van der Waals surface area contributed by atoms with Gasteiger partial charge in [-0.15, -0.1) is 0 Å². The van der Waals surface area contributed by atoms with E-state index >= 15 is 0 Å². The molecule has 2 atom stereocenters. The number of aryl methyl sites for hydroxylation is 1. The summed E-state index contributed by atoms with van der Waals surface area (Å²) >= 11 is 0. The fourth-order valence-corrected chi connectivity index (χ4v) is 4.44. The summed E-state index contributed by atoms with van der Waals surface area (Å²) in [6.45, 7) is 14.7. The zero-order valence-electron chi connectivity index (χ0n) is 17.2. The van der Waals surface area contributed by atoms with E-state index in [0.29, 0.717) is 6.04 Å². The highest BCUT2D eigenvalue weighted by Gasteiger charge is 2.28. The fraction of sp³-hybridized carbons (Fsp3) is 0.619. The van der Waals surface area contributed by atoms with Crippen LogP contribution in [0.3, 0.4) is 0 Å². The summed E-state index contributed by atoms with van der Waals surface area (Å²) in [7, 11) is 0. The van der Waals surface area contributed by atoms with E-state index in [2.05, 4.69) is 48.8 Å². The molecule has 2 saturated heterocycles. The third-order valence-corrected chi connectivity index (χ3v) is 5.96. The highest BCUT2D eigenvalue weighted by Crippen LogP contribution is 2.29. The second kappa shape index (κ2) is 7.79. The monoisotopic (exact) mass is 372 g/mol. The van der Waals surface area contributed by atoms with Crippen LogP contribution in [0.15, 0.2) is 18.2 Å². The number of hydrogen-bond donors (Lipinski definition) is 0. The van der Waals surface area contributed by atoms with Gasteiger partial charge in [-0.05, 0) is 44.5 Å². The van der Waals surface area contributed by atoms with Gasteiger partial charge in [0.15, 0.2) is 0 Å². The number of nitrogens with zero attached hydrogens (tertiary/aromatic N) is 4. The molecule has 3 rings (SSSR count). The van der Waals surface area contributed by atoms with Crippen LogP contribution in [-0.4, -0.2) is 73.0 Å². The highest BCUT2D eigenvalue weighted by molar-refractivity contribution is 5.74. The van der Waals surface area contributed by atoms with Gasteiger partial charge in [0.2, 0.25) is 11.8 Å². The topological polar surface area (TPSA) is 47.1 Å². The molecule has 0 aromatic heterocycles. The lowest BCUT2D eigenvalue weighted by Crippen LogP contribution is -2.54. The van der Waals surface area contributed by atoms with Crippen LogP contribution in [0.5, 0.6) is 0 Å². The normalized spacial score (nSPS) is 23.6. The predicted molar refractivity (Wildman–Crippen MR) is 109 cm³/mol. The molecule has 0 aliphatic carbocycles. The Labute approximate surface area is 162 Å². The maximum Gasteiger partial charge on any atom is 0.219 e. The van der Waals surface area contributed by atoms with Crippen LogP contribution in [0.1, 0.15) is 33.3 Å². The van der Waals surface area contributed by atoms with E-state index in [-0.39, 0.29) is 17.9 Å². The molecule has 1 aromatic carbocycles. The van der Waals surface area contributed by atoms with Crippen LogP contribution >= 0.6 is 0 Å². The maximum atomic E-state index is 11.7. The highest BCUT2D eigenvalue weighted by atomic mass is 16.2. The average molecular weight is 373 g/mol. The van der Waals surface area contributed by atoms with Crippen LogP contribution < -0.4 is 9.80 Å². The summed E-state index contributed by atoms with van der Waals surface area (Å²) in [6, 6.07) is 7.22. The van der Waals surface area contributed by atoms with Crippen molar-refractivity contribution in [1.29, 1.82) is 0 Å². The van der Waals surface area contributed by atoms with E-state index in [1.165, 1.54) is 16.9 Å². The number of carbonyl (C=O) groups excluding carboxylic acids is 2. The lowest BCUT2D eigenvalue weighted by molar-refractivity contribution is -0.131. The van der Waals surface area contributed by atoms with Gasteiger partial charge in [0, 0.05) is 76.6 Å². The largest absolute Gasteiger partial charge is 0.367 e. The van der Waals surface area contributed by atoms with Crippen molar-refractivity contribution in [2.75, 3.05) is 49.1 Å². The minimum Gasteiger partial charge on any atom is -0.367 e. The van der Waals surface area contributed by atoms with Crippen LogP contribution in [0, 0.1) is 6.92 Å². The van der Waals surface area contributed by atoms with Gasteiger partial charge in [0.05, 0.1) is 0 Å². The van der Waals surface area contributed by atoms with Crippen molar-refractivity contribution >= 4 is 23.2 Å². The number of rotatable bonds is 2. The Hall–Kier alpha value is -2.24. The van der Waals surface area contributed by atoms with Crippen LogP contribution in [0.25, 0.3) is 0 Å². The number of amides is 2. The summed E-state index contributed by atoms with van der Waals surface area (Å²) in [5, 5.41) is 0. The maximum absolute atomic E-state index is 11.7. The molecule has 0 bridgehead atoms. The summed E-state index contributed by atoms with van der Waals surface area (Å²) in [6.07, 6.45) is 0. The number of piperazine rings is 2. The first kappa shape index (κ1) is 19.5. The van der Waals surface area contributed by atoms with Crippen molar-refractivity contribution in [3.05, 3.63) is 23.8 Å². The zero-order chi connectivity index (χ0) is 19.7. The Kier molecular flexibility index (Phi) is 5.63. The number of anilines is 2. The van der Waals surface area contributed by atoms with E-state index in [1.54, 1.807) is 13.8 Å². The van der Waals surface area contributed by atoms with E-state index in [9.17, 15) is 9.59 Å². The van der Waals surface area contributed by atoms with Crippen molar-refractivity contribution in [2.45, 2.75) is 46.7 Å². The van der Waals surface area contributed by atoms with Crippen molar-refractivity contribution < 1.29 is 9.59 Å². The molecule has 1 aromatic rings. The van der Waals surface area contributed by atoms with E-state index in [4.69, 9.17) is 0 Å². The van der Waals surface area contributed by atoms with Gasteiger partial charge in [-0.25, -0.2) is 0 Å². The first-order valence-electron chi connectivity index (χ1n) is 9.93. The molecule has 2 aliphatic rings. The molecular formula is C21H32N4O2. The molecule has 0 spiro atoms. The SMILES string of the molecule is CC(=O)N1CCN(c2ccc(N3CCN(C(C)=O)[C@@H](C)C3)c(C)c2)[C@@H](C)C1. The Morgan fingerprint density at radius 2 is 1.67 bits per heavy atom. The van der Waals surface area contributed by atoms with Gasteiger partial charge in [0.25, 0.3) is 0 Å². The molecule has 27 heavy (non-hydrogen) atoms. The fourth-order valence-electron chi connectivity index (χ4n) is 4.44. The minimum absolute atomic E-state index is 0.159. The molecule has 2 fully saturated rings. The third-order valence-electron chi connectivity index (χ3n) is 5.96. The van der Waals surface area contributed by atoms with Gasteiger partial charge in [0.1, 0.15) is 0 Å². The smallest absolute Gasteiger partial charge is 0.219 e. The second-order valence-corrected chi connectivity index (χ2v) is 7.99. The lowest BCUT2D eigenvalue weighted by Gasteiger charge is -2.42. The second-order valence-electron chi connectivity index (χ2n) is 7.99. The van der Waals surface area contributed by atoms with Crippen molar-refractivity contribution in [3.8, 4) is 0 Å². The summed E-state index contributed by atoms with van der Waals surface area (Å²) in [5.41, 5.74) is 3.74. The molecule has 6 nitrogen and oxygen atoms in total. The number of hydrogen-bond acceptors (Lipinski definition) is 4. The minimum atomic E-state index is 0.159. The molecule has 0 N–H and O–H groups in total. The molecule has 0 radical (unpaired) electrons. The molecule has 0 unspecified atom stereocenters. The molecule has 2 amide bonds. The predicted octanol–water partition coefficient (Wildman–Crippen LogP) is 2.11. The summed E-state index contributed by atoms with van der Waals surface area (Å²) < 4.78 is 0. The van der Waals surface area contributed by atoms with Gasteiger partial charge >= 0.3 is 0 Å². The molecule has 0 saturated carbocycles. The Morgan fingerprint density at radius 1 is 0.926 bits per heavy atom. The van der Waals surface area contributed by atoms with Crippen molar-refractivity contribution in [3.63, 3.8) is 0 Å². The molecular weight excluding hydrogens is 340 g/mol. The van der Waals surface area contributed by atoms with Gasteiger partial charge < -0.3 is 19.6 Å². The average Bonchev–Trinajstić information content (AvgIpc) is 2.61. The van der Waals surface area contributed by atoms with E-state index in [0.717, 1.165) is 39.3 Å². The zero-order valence-corrected chi connectivity index (χ0v) is 17.2. The van der Waals surface area contributed by atoms with Crippen molar-refractivity contribution in [1.82, 2.24) is 9.80 Å². The number of carbonyl (C=O) groups is 2. The van der Waals surface area contributed by atoms with Crippen molar-refractivity contribution in [2.24, 2.45) is 0 Å². The van der Waals surface area contributed by atoms with Gasteiger partial charge in [-0.1, -0.05) is 0 Å². The quantitative estimate of drug-likeness (QED) is 0.798. The first-order chi connectivity index (χ1) is 12.8. The summed E-state index contributed by atoms with van der Waals surface area (Å²) in [4.78, 5) is 32.0. The van der Waals surface area contributed by atoms with E-state index in [1.807, 2.05) is 9.80 Å². The summed E-state index contributed by atoms with van der Waals surface area (Å²) in [5.74, 6) is 0.319. The Balaban J connectivity index is 1.71. The van der Waals surface area contributed by atoms with Crippen LogP contribution in [-0.2, 0) is 9.59 Å². The molecule has 2 aliphatic heterocycles. The standard InChI is InChI=1S/C21H32N4O2/c1-15-12-20(25-11-8-22(18(4)26)13-17(25)3)6-7-21(15)23-9-10-24(19(5)27)16(2)14-23/h6-7,12,16-17H,8-11,13-14H2,1-5H3/t16-,17-/m0/s1. The van der Waals surface area contributed by atoms with Crippen LogP contribution in [0.2, 0.25) is 0 Å². The van der Waals surface area contributed by atoms with E-state index < -0.39 is 0 Å². The number of benzene rings is 1. The molecule has 6 heteroatoms. The van der Waals surface area contributed by atoms with Gasteiger partial charge in [-0.3, -0.25) is 9.59 Å². The van der Waals surface area contributed by atoms with Gasteiger partial charge in [-0.2, -0.15) is 0 Å².